The SMILES string of the molecule is CN1CCC(c2nc(-c3cc4ccccc4[nH]3)c3c(N)nccn23)CC1.Nc1nccn2c(C3CCN(C(=O)Cc4cccs4)CC3)nc(-c3cc4ccccc4[nH]3)c12. The van der Waals surface area contributed by atoms with E-state index in [2.05, 4.69) is 77.1 Å². The number of amides is 1. The lowest BCUT2D eigenvalue weighted by molar-refractivity contribution is -0.131. The highest BCUT2D eigenvalue weighted by molar-refractivity contribution is 7.10. The molecular weight excluding hydrogens is 757 g/mol. The lowest BCUT2D eigenvalue weighted by atomic mass is 9.95. The maximum absolute atomic E-state index is 12.7. The van der Waals surface area contributed by atoms with Gasteiger partial charge in [-0.05, 0) is 81.5 Å². The highest BCUT2D eigenvalue weighted by atomic mass is 32.1. The number of H-pyrrole nitrogens is 2. The molecular formula is C45H46N12OS. The standard InChI is InChI=1S/C25H24N6OS.C20H22N6/c26-24-23-22(20-14-17-4-1-2-6-19(17)28-20)29-25(31(23)12-9-27-24)16-7-10-30(11-8-16)21(32)15-18-5-3-13-33-18;1-25-9-6-13(7-10-25)20-24-17(18-19(21)22-8-11-26(18)20)16-12-14-4-2-3-5-15(14)23-16/h1-6,9,12-14,16,28H,7-8,10-11,15H2,(H2,26,27);2-5,8,11-13,23H,6-7,9-10H2,1H3,(H2,21,22). The first kappa shape index (κ1) is 36.8. The van der Waals surface area contributed by atoms with E-state index in [-0.39, 0.29) is 11.8 Å². The molecule has 2 aliphatic heterocycles. The second-order valence-electron chi connectivity index (χ2n) is 15.7. The molecule has 1 amide bonds. The zero-order valence-electron chi connectivity index (χ0n) is 32.9. The van der Waals surface area contributed by atoms with Crippen LogP contribution in [0.25, 0.3) is 55.6 Å². The third kappa shape index (κ3) is 6.97. The van der Waals surface area contributed by atoms with Gasteiger partial charge in [-0.3, -0.25) is 13.6 Å². The fourth-order valence-electron chi connectivity index (χ4n) is 8.86. The number of nitrogens with two attached hydrogens (primary N) is 2. The summed E-state index contributed by atoms with van der Waals surface area (Å²) in [4.78, 5) is 43.9. The predicted molar refractivity (Wildman–Crippen MR) is 235 cm³/mol. The van der Waals surface area contributed by atoms with Crippen molar-refractivity contribution in [1.29, 1.82) is 0 Å². The summed E-state index contributed by atoms with van der Waals surface area (Å²) in [7, 11) is 2.18. The molecule has 59 heavy (non-hydrogen) atoms. The molecule has 6 N–H and O–H groups in total. The normalized spacial score (nSPS) is 15.7. The van der Waals surface area contributed by atoms with Gasteiger partial charge in [-0.2, -0.15) is 0 Å². The summed E-state index contributed by atoms with van der Waals surface area (Å²) in [5, 5.41) is 4.32. The van der Waals surface area contributed by atoms with E-state index in [9.17, 15) is 4.79 Å². The first-order valence-corrected chi connectivity index (χ1v) is 21.2. The van der Waals surface area contributed by atoms with Crippen LogP contribution < -0.4 is 11.5 Å². The highest BCUT2D eigenvalue weighted by Crippen LogP contribution is 2.37. The van der Waals surface area contributed by atoms with Crippen LogP contribution >= 0.6 is 11.3 Å². The monoisotopic (exact) mass is 802 g/mol. The molecule has 7 aromatic heterocycles. The van der Waals surface area contributed by atoms with Crippen molar-refractivity contribution in [2.24, 2.45) is 0 Å². The number of aromatic amines is 2. The van der Waals surface area contributed by atoms with Crippen molar-refractivity contribution in [1.82, 2.24) is 48.5 Å². The van der Waals surface area contributed by atoms with Crippen molar-refractivity contribution in [3.8, 4) is 22.8 Å². The van der Waals surface area contributed by atoms with Crippen molar-refractivity contribution in [3.63, 3.8) is 0 Å². The van der Waals surface area contributed by atoms with Gasteiger partial charge >= 0.3 is 0 Å². The third-order valence-corrected chi connectivity index (χ3v) is 12.9. The van der Waals surface area contributed by atoms with Gasteiger partial charge in [0.2, 0.25) is 5.91 Å². The van der Waals surface area contributed by atoms with Crippen LogP contribution in [0.15, 0.2) is 103 Å². The van der Waals surface area contributed by atoms with Crippen molar-refractivity contribution in [3.05, 3.63) is 119 Å². The van der Waals surface area contributed by atoms with Gasteiger partial charge < -0.3 is 31.2 Å². The molecule has 0 radical (unpaired) electrons. The van der Waals surface area contributed by atoms with Gasteiger partial charge in [-0.15, -0.1) is 11.3 Å². The number of nitrogens with zero attached hydrogens (tertiary/aromatic N) is 8. The molecule has 2 fully saturated rings. The Balaban J connectivity index is 0.000000147. The number of fused-ring (bicyclic) bond motifs is 4. The van der Waals surface area contributed by atoms with Crippen molar-refractivity contribution in [2.75, 3.05) is 44.7 Å². The largest absolute Gasteiger partial charge is 0.382 e. The van der Waals surface area contributed by atoms with E-state index in [0.29, 0.717) is 24.0 Å². The fraction of sp³-hybridized carbons (Fsp3) is 0.267. The molecule has 14 heteroatoms. The van der Waals surface area contributed by atoms with E-state index in [0.717, 1.165) is 119 Å². The van der Waals surface area contributed by atoms with Gasteiger partial charge in [0.15, 0.2) is 0 Å². The van der Waals surface area contributed by atoms with Gasteiger partial charge in [0, 0.05) is 76.4 Å². The minimum atomic E-state index is 0.205. The first-order chi connectivity index (χ1) is 28.9. The first-order valence-electron chi connectivity index (χ1n) is 20.3. The van der Waals surface area contributed by atoms with Crippen molar-refractivity contribution in [2.45, 2.75) is 43.9 Å². The second kappa shape index (κ2) is 15.3. The van der Waals surface area contributed by atoms with E-state index < -0.39 is 0 Å². The van der Waals surface area contributed by atoms with Crippen LogP contribution in [0, 0.1) is 0 Å². The Morgan fingerprint density at radius 3 is 1.71 bits per heavy atom. The number of carbonyl (C=O) groups excluding carboxylic acids is 1. The molecule has 2 aromatic carbocycles. The van der Waals surface area contributed by atoms with Crippen molar-refractivity contribution >= 4 is 61.7 Å². The maximum atomic E-state index is 12.7. The molecule has 2 aliphatic rings. The fourth-order valence-corrected chi connectivity index (χ4v) is 9.55. The lowest BCUT2D eigenvalue weighted by Gasteiger charge is -2.31. The Kier molecular flexibility index (Phi) is 9.57. The Hall–Kier alpha value is -6.51. The van der Waals surface area contributed by atoms with Crippen LogP contribution in [0.2, 0.25) is 0 Å². The molecule has 298 valence electrons. The van der Waals surface area contributed by atoms with Crippen molar-refractivity contribution < 1.29 is 4.79 Å². The van der Waals surface area contributed by atoms with Crippen LogP contribution in [0.3, 0.4) is 0 Å². The van der Waals surface area contributed by atoms with E-state index in [1.165, 1.54) is 5.39 Å². The van der Waals surface area contributed by atoms with E-state index in [4.69, 9.17) is 21.4 Å². The Morgan fingerprint density at radius 2 is 1.22 bits per heavy atom. The molecule has 9 heterocycles. The molecule has 2 saturated heterocycles. The molecule has 9 aromatic rings. The highest BCUT2D eigenvalue weighted by Gasteiger charge is 2.29. The van der Waals surface area contributed by atoms with Gasteiger partial charge in [-0.25, -0.2) is 19.9 Å². The summed E-state index contributed by atoms with van der Waals surface area (Å²) < 4.78 is 4.22. The zero-order chi connectivity index (χ0) is 40.0. The summed E-state index contributed by atoms with van der Waals surface area (Å²) in [5.41, 5.74) is 20.1. The number of hydrogen-bond donors (Lipinski definition) is 4. The van der Waals surface area contributed by atoms with Gasteiger partial charge in [0.25, 0.3) is 0 Å². The van der Waals surface area contributed by atoms with Crippen LogP contribution in [0.1, 0.15) is 54.0 Å². The Morgan fingerprint density at radius 1 is 0.712 bits per heavy atom. The number of benzene rings is 2. The number of piperidine rings is 2. The Bertz CT molecular complexity index is 2860. The van der Waals surface area contributed by atoms with Crippen LogP contribution in [0.4, 0.5) is 11.6 Å². The zero-order valence-corrected chi connectivity index (χ0v) is 33.7. The number of imidazole rings is 2. The number of para-hydroxylation sites is 2. The van der Waals surface area contributed by atoms with E-state index in [1.54, 1.807) is 23.7 Å². The van der Waals surface area contributed by atoms with E-state index in [1.807, 2.05) is 59.1 Å². The minimum absolute atomic E-state index is 0.205. The lowest BCUT2D eigenvalue weighted by Crippen LogP contribution is -2.39. The number of hydrogen-bond acceptors (Lipinski definition) is 9. The molecule has 11 rings (SSSR count). The molecule has 0 aliphatic carbocycles. The van der Waals surface area contributed by atoms with E-state index >= 15 is 0 Å². The number of carbonyl (C=O) groups is 1. The average Bonchev–Trinajstić information content (AvgIpc) is 4.11. The number of nitrogen functional groups attached to an aromatic ring is 2. The minimum Gasteiger partial charge on any atom is -0.382 e. The number of nitrogens with one attached hydrogen (secondary N) is 2. The molecule has 0 unspecified atom stereocenters. The third-order valence-electron chi connectivity index (χ3n) is 12.0. The van der Waals surface area contributed by atoms with Crippen LogP contribution in [0.5, 0.6) is 0 Å². The molecule has 0 atom stereocenters. The summed E-state index contributed by atoms with van der Waals surface area (Å²) in [6.45, 7) is 3.68. The number of likely N-dealkylation sites (tertiary alicyclic amines) is 2. The molecule has 0 bridgehead atoms. The topological polar surface area (TPSA) is 168 Å². The molecule has 13 nitrogen and oxygen atoms in total. The Labute approximate surface area is 344 Å². The van der Waals surface area contributed by atoms with Gasteiger partial charge in [0.05, 0.1) is 17.8 Å². The van der Waals surface area contributed by atoms with Crippen LogP contribution in [-0.4, -0.2) is 87.6 Å². The second-order valence-corrected chi connectivity index (χ2v) is 16.8. The smallest absolute Gasteiger partial charge is 0.227 e. The quantitative estimate of drug-likeness (QED) is 0.133. The summed E-state index contributed by atoms with van der Waals surface area (Å²) in [6, 6.07) is 24.7. The maximum Gasteiger partial charge on any atom is 0.227 e. The average molecular weight is 803 g/mol. The summed E-state index contributed by atoms with van der Waals surface area (Å²) >= 11 is 1.64. The summed E-state index contributed by atoms with van der Waals surface area (Å²) in [5.74, 6) is 3.97. The number of aromatic nitrogens is 8. The molecule has 0 saturated carbocycles. The number of rotatable bonds is 6. The van der Waals surface area contributed by atoms with Gasteiger partial charge in [-0.1, -0.05) is 42.5 Å². The van der Waals surface area contributed by atoms with Crippen LogP contribution in [-0.2, 0) is 11.2 Å². The predicted octanol–water partition coefficient (Wildman–Crippen LogP) is 7.74. The number of thiophene rings is 1. The number of anilines is 2. The summed E-state index contributed by atoms with van der Waals surface area (Å²) in [6.07, 6.45) is 11.9. The van der Waals surface area contributed by atoms with Gasteiger partial charge in [0.1, 0.15) is 45.7 Å². The molecule has 0 spiro atoms.